The number of methoxy groups -OCH3 is 1. The van der Waals surface area contributed by atoms with Gasteiger partial charge in [0.05, 0.1) is 19.2 Å². The maximum absolute atomic E-state index is 14.0. The zero-order valence-corrected chi connectivity index (χ0v) is 11.2. The van der Waals surface area contributed by atoms with Crippen molar-refractivity contribution in [2.24, 2.45) is 0 Å². The lowest BCUT2D eigenvalue weighted by atomic mass is 10.2. The van der Waals surface area contributed by atoms with Crippen LogP contribution in [0.2, 0.25) is 0 Å². The molecule has 0 bridgehead atoms. The number of nitrogen functional groups attached to an aromatic ring is 1. The summed E-state index contributed by atoms with van der Waals surface area (Å²) < 4.78 is 33.7. The second-order valence-corrected chi connectivity index (χ2v) is 4.49. The Morgan fingerprint density at radius 1 is 1.24 bits per heavy atom. The fraction of sp³-hybridized carbons (Fsp3) is 0.143. The number of aromatic nitrogens is 3. The fourth-order valence-electron chi connectivity index (χ4n) is 2.14. The van der Waals surface area contributed by atoms with E-state index < -0.39 is 11.6 Å². The van der Waals surface area contributed by atoms with Crippen molar-refractivity contribution in [3.8, 4) is 5.88 Å². The summed E-state index contributed by atoms with van der Waals surface area (Å²) in [5, 5.41) is 0. The molecule has 0 aliphatic heterocycles. The topological polar surface area (TPSA) is 66.0 Å². The second-order valence-electron chi connectivity index (χ2n) is 4.49. The number of pyridine rings is 1. The molecular formula is C14H12F2N4O. The average Bonchev–Trinajstić information content (AvgIpc) is 2.81. The van der Waals surface area contributed by atoms with E-state index in [9.17, 15) is 8.78 Å². The molecule has 0 fully saturated rings. The van der Waals surface area contributed by atoms with E-state index in [2.05, 4.69) is 9.97 Å². The van der Waals surface area contributed by atoms with Gasteiger partial charge < -0.3 is 15.0 Å². The summed E-state index contributed by atoms with van der Waals surface area (Å²) >= 11 is 0. The highest BCUT2D eigenvalue weighted by atomic mass is 19.2. The quantitative estimate of drug-likeness (QED) is 0.804. The van der Waals surface area contributed by atoms with Crippen LogP contribution >= 0.6 is 0 Å². The van der Waals surface area contributed by atoms with Crippen molar-refractivity contribution in [3.05, 3.63) is 47.7 Å². The SMILES string of the molecule is COc1ccc(Cn2c(N)nc3ccc(F)c(F)c32)cn1. The number of nitrogens with two attached hydrogens (primary N) is 1. The van der Waals surface area contributed by atoms with Crippen LogP contribution in [0.4, 0.5) is 14.7 Å². The van der Waals surface area contributed by atoms with Crippen LogP contribution in [0.15, 0.2) is 30.5 Å². The van der Waals surface area contributed by atoms with Crippen LogP contribution in [-0.2, 0) is 6.54 Å². The first kappa shape index (κ1) is 13.3. The number of fused-ring (bicyclic) bond motifs is 1. The molecule has 0 amide bonds. The number of rotatable bonds is 3. The zero-order valence-electron chi connectivity index (χ0n) is 11.2. The Kier molecular flexibility index (Phi) is 3.17. The molecule has 108 valence electrons. The van der Waals surface area contributed by atoms with Crippen LogP contribution in [0.25, 0.3) is 11.0 Å². The molecule has 2 N–H and O–H groups in total. The maximum atomic E-state index is 14.0. The van der Waals surface area contributed by atoms with Crippen LogP contribution in [0, 0.1) is 11.6 Å². The summed E-state index contributed by atoms with van der Waals surface area (Å²) in [5.41, 5.74) is 6.92. The molecule has 7 heteroatoms. The van der Waals surface area contributed by atoms with Crippen molar-refractivity contribution in [3.63, 3.8) is 0 Å². The Morgan fingerprint density at radius 3 is 2.71 bits per heavy atom. The van der Waals surface area contributed by atoms with Crippen molar-refractivity contribution in [2.75, 3.05) is 12.8 Å². The summed E-state index contributed by atoms with van der Waals surface area (Å²) in [6.45, 7) is 0.236. The van der Waals surface area contributed by atoms with Gasteiger partial charge in [0.1, 0.15) is 5.52 Å². The van der Waals surface area contributed by atoms with Gasteiger partial charge in [0.15, 0.2) is 11.6 Å². The summed E-state index contributed by atoms with van der Waals surface area (Å²) in [6.07, 6.45) is 1.58. The molecule has 0 aliphatic carbocycles. The smallest absolute Gasteiger partial charge is 0.212 e. The summed E-state index contributed by atoms with van der Waals surface area (Å²) in [5.74, 6) is -1.31. The molecule has 0 radical (unpaired) electrons. The van der Waals surface area contributed by atoms with Gasteiger partial charge in [-0.15, -0.1) is 0 Å². The number of hydrogen-bond acceptors (Lipinski definition) is 4. The minimum absolute atomic E-state index is 0.0447. The Morgan fingerprint density at radius 2 is 2.05 bits per heavy atom. The first-order chi connectivity index (χ1) is 10.1. The largest absolute Gasteiger partial charge is 0.481 e. The van der Waals surface area contributed by atoms with Crippen LogP contribution in [0.3, 0.4) is 0 Å². The Labute approximate surface area is 119 Å². The molecule has 0 spiro atoms. The summed E-state index contributed by atoms with van der Waals surface area (Å²) in [6, 6.07) is 5.88. The van der Waals surface area contributed by atoms with Crippen LogP contribution in [0.1, 0.15) is 5.56 Å². The van der Waals surface area contributed by atoms with Gasteiger partial charge in [0.2, 0.25) is 11.8 Å². The number of anilines is 1. The number of ether oxygens (including phenoxy) is 1. The third-order valence-electron chi connectivity index (χ3n) is 3.18. The van der Waals surface area contributed by atoms with E-state index in [0.717, 1.165) is 11.6 Å². The predicted molar refractivity (Wildman–Crippen MR) is 74.0 cm³/mol. The lowest BCUT2D eigenvalue weighted by Gasteiger charge is -2.08. The van der Waals surface area contributed by atoms with Gasteiger partial charge in [-0.3, -0.25) is 0 Å². The van der Waals surface area contributed by atoms with Crippen LogP contribution in [-0.4, -0.2) is 21.6 Å². The molecule has 0 unspecified atom stereocenters. The Bertz CT molecular complexity index is 799. The lowest BCUT2D eigenvalue weighted by molar-refractivity contribution is 0.397. The van der Waals surface area contributed by atoms with E-state index in [1.165, 1.54) is 17.7 Å². The molecule has 21 heavy (non-hydrogen) atoms. The van der Waals surface area contributed by atoms with Gasteiger partial charge >= 0.3 is 0 Å². The van der Waals surface area contributed by atoms with E-state index in [-0.39, 0.29) is 18.0 Å². The summed E-state index contributed by atoms with van der Waals surface area (Å²) in [7, 11) is 1.52. The zero-order chi connectivity index (χ0) is 15.0. The standard InChI is InChI=1S/C14H12F2N4O/c1-21-11-5-2-8(6-18-11)7-20-13-10(19-14(20)17)4-3-9(15)12(13)16/h2-6H,7H2,1H3,(H2,17,19). The summed E-state index contributed by atoms with van der Waals surface area (Å²) in [4.78, 5) is 8.10. The van der Waals surface area contributed by atoms with Crippen molar-refractivity contribution in [1.82, 2.24) is 14.5 Å². The van der Waals surface area contributed by atoms with E-state index in [4.69, 9.17) is 10.5 Å². The molecule has 0 saturated heterocycles. The molecular weight excluding hydrogens is 278 g/mol. The van der Waals surface area contributed by atoms with Crippen LogP contribution in [0.5, 0.6) is 5.88 Å². The third-order valence-corrected chi connectivity index (χ3v) is 3.18. The van der Waals surface area contributed by atoms with Gasteiger partial charge in [-0.25, -0.2) is 18.7 Å². The van der Waals surface area contributed by atoms with Crippen LogP contribution < -0.4 is 10.5 Å². The molecule has 3 aromatic rings. The molecule has 0 aliphatic rings. The molecule has 2 aromatic heterocycles. The average molecular weight is 290 g/mol. The molecule has 5 nitrogen and oxygen atoms in total. The van der Waals surface area contributed by atoms with Gasteiger partial charge in [-0.05, 0) is 17.7 Å². The van der Waals surface area contributed by atoms with Crippen molar-refractivity contribution < 1.29 is 13.5 Å². The van der Waals surface area contributed by atoms with E-state index in [1.807, 2.05) is 0 Å². The first-order valence-corrected chi connectivity index (χ1v) is 6.19. The highest BCUT2D eigenvalue weighted by Gasteiger charge is 2.16. The minimum atomic E-state index is -0.960. The number of halogens is 2. The van der Waals surface area contributed by atoms with Gasteiger partial charge in [-0.1, -0.05) is 6.07 Å². The minimum Gasteiger partial charge on any atom is -0.481 e. The van der Waals surface area contributed by atoms with Gasteiger partial charge in [0, 0.05) is 12.3 Å². The molecule has 3 rings (SSSR count). The normalized spacial score (nSPS) is 11.0. The highest BCUT2D eigenvalue weighted by Crippen LogP contribution is 2.24. The maximum Gasteiger partial charge on any atom is 0.212 e. The monoisotopic (exact) mass is 290 g/mol. The van der Waals surface area contributed by atoms with Crippen molar-refractivity contribution >= 4 is 17.0 Å². The second kappa shape index (κ2) is 5.01. The third kappa shape index (κ3) is 2.26. The molecule has 1 aromatic carbocycles. The lowest BCUT2D eigenvalue weighted by Crippen LogP contribution is -2.06. The molecule has 0 saturated carbocycles. The predicted octanol–water partition coefficient (Wildman–Crippen LogP) is 2.35. The van der Waals surface area contributed by atoms with E-state index >= 15 is 0 Å². The van der Waals surface area contributed by atoms with Gasteiger partial charge in [-0.2, -0.15) is 0 Å². The van der Waals surface area contributed by atoms with E-state index in [1.54, 1.807) is 18.3 Å². The Balaban J connectivity index is 2.07. The molecule has 2 heterocycles. The fourth-order valence-corrected chi connectivity index (χ4v) is 2.14. The Hall–Kier alpha value is -2.70. The van der Waals surface area contributed by atoms with Gasteiger partial charge in [0.25, 0.3) is 0 Å². The van der Waals surface area contributed by atoms with Crippen molar-refractivity contribution in [1.29, 1.82) is 0 Å². The number of imidazole rings is 1. The van der Waals surface area contributed by atoms with E-state index in [0.29, 0.717) is 11.4 Å². The number of nitrogens with zero attached hydrogens (tertiary/aromatic N) is 3. The highest BCUT2D eigenvalue weighted by molar-refractivity contribution is 5.79. The molecule has 0 atom stereocenters. The first-order valence-electron chi connectivity index (χ1n) is 6.19. The number of benzene rings is 1. The van der Waals surface area contributed by atoms with Crippen molar-refractivity contribution in [2.45, 2.75) is 6.54 Å². The number of hydrogen-bond donors (Lipinski definition) is 1.